The van der Waals surface area contributed by atoms with Crippen LogP contribution in [0.4, 0.5) is 0 Å². The molecule has 5 nitrogen and oxygen atoms in total. The normalized spacial score (nSPS) is 11.9. The third kappa shape index (κ3) is 8.22. The van der Waals surface area contributed by atoms with Crippen LogP contribution >= 0.6 is 0 Å². The first-order valence-electron chi connectivity index (χ1n) is 7.09. The minimum absolute atomic E-state index is 0.0481. The Morgan fingerprint density at radius 2 is 1.95 bits per heavy atom. The fraction of sp³-hybridized carbons (Fsp3) is 0.500. The molecule has 0 saturated heterocycles. The van der Waals surface area contributed by atoms with Gasteiger partial charge in [0.05, 0.1) is 19.3 Å². The number of hydrogen-bond acceptors (Lipinski definition) is 5. The number of aliphatic hydroxyl groups is 1. The van der Waals surface area contributed by atoms with Crippen LogP contribution in [0.5, 0.6) is 0 Å². The highest BCUT2D eigenvalue weighted by molar-refractivity contribution is 5.95. The lowest BCUT2D eigenvalue weighted by Crippen LogP contribution is -2.19. The van der Waals surface area contributed by atoms with Crippen LogP contribution in [-0.2, 0) is 25.7 Å². The lowest BCUT2D eigenvalue weighted by molar-refractivity contribution is -0.145. The Labute approximate surface area is 124 Å². The van der Waals surface area contributed by atoms with Crippen LogP contribution in [0.1, 0.15) is 31.7 Å². The summed E-state index contributed by atoms with van der Waals surface area (Å²) in [6.45, 7) is 2.77. The van der Waals surface area contributed by atoms with Crippen LogP contribution in [0.15, 0.2) is 30.3 Å². The van der Waals surface area contributed by atoms with Gasteiger partial charge in [-0.2, -0.15) is 0 Å². The minimum Gasteiger partial charge on any atom is -0.466 e. The molecule has 0 aromatic heterocycles. The average Bonchev–Trinajstić information content (AvgIpc) is 2.44. The van der Waals surface area contributed by atoms with Crippen molar-refractivity contribution < 1.29 is 24.2 Å². The zero-order valence-corrected chi connectivity index (χ0v) is 12.3. The summed E-state index contributed by atoms with van der Waals surface area (Å²) in [6, 6.07) is 9.71. The van der Waals surface area contributed by atoms with Gasteiger partial charge in [0.15, 0.2) is 0 Å². The maximum Gasteiger partial charge on any atom is 0.313 e. The molecule has 0 radical (unpaired) electrons. The van der Waals surface area contributed by atoms with E-state index < -0.39 is 12.1 Å². The van der Waals surface area contributed by atoms with Crippen LogP contribution in [-0.4, -0.2) is 36.2 Å². The van der Waals surface area contributed by atoms with E-state index in [1.165, 1.54) is 0 Å². The molecule has 21 heavy (non-hydrogen) atoms. The quantitative estimate of drug-likeness (QED) is 0.405. The van der Waals surface area contributed by atoms with Crippen LogP contribution in [0.25, 0.3) is 0 Å². The number of ketones is 1. The van der Waals surface area contributed by atoms with Gasteiger partial charge in [-0.05, 0) is 18.9 Å². The Bertz CT molecular complexity index is 430. The molecule has 0 unspecified atom stereocenters. The molecular weight excluding hydrogens is 272 g/mol. The molecule has 0 spiro atoms. The van der Waals surface area contributed by atoms with Gasteiger partial charge >= 0.3 is 5.97 Å². The summed E-state index contributed by atoms with van der Waals surface area (Å²) in [7, 11) is 0. The second-order valence-corrected chi connectivity index (χ2v) is 4.71. The van der Waals surface area contributed by atoms with E-state index in [4.69, 9.17) is 4.74 Å². The van der Waals surface area contributed by atoms with Crippen molar-refractivity contribution >= 4 is 11.8 Å². The summed E-state index contributed by atoms with van der Waals surface area (Å²) in [5, 5.41) is 9.71. The van der Waals surface area contributed by atoms with Crippen molar-refractivity contribution in [2.24, 2.45) is 0 Å². The van der Waals surface area contributed by atoms with Crippen molar-refractivity contribution in [1.82, 2.24) is 0 Å². The largest absolute Gasteiger partial charge is 0.466 e. The zero-order valence-electron chi connectivity index (χ0n) is 12.3. The molecule has 0 bridgehead atoms. The SMILES string of the molecule is CCOC(=O)CC(=O)C[C@H](O)CCOCc1ccccc1. The van der Waals surface area contributed by atoms with Crippen molar-refractivity contribution in [2.75, 3.05) is 13.2 Å². The van der Waals surface area contributed by atoms with Gasteiger partial charge < -0.3 is 14.6 Å². The molecule has 0 aliphatic carbocycles. The van der Waals surface area contributed by atoms with Crippen molar-refractivity contribution in [3.8, 4) is 0 Å². The maximum atomic E-state index is 11.5. The van der Waals surface area contributed by atoms with E-state index in [0.29, 0.717) is 19.6 Å². The highest BCUT2D eigenvalue weighted by Gasteiger charge is 2.15. The molecule has 1 N–H and O–H groups in total. The van der Waals surface area contributed by atoms with E-state index in [1.54, 1.807) is 6.92 Å². The number of aliphatic hydroxyl groups excluding tert-OH is 1. The van der Waals surface area contributed by atoms with Crippen LogP contribution in [0, 0.1) is 0 Å². The van der Waals surface area contributed by atoms with E-state index in [2.05, 4.69) is 4.74 Å². The smallest absolute Gasteiger partial charge is 0.313 e. The molecule has 0 saturated carbocycles. The van der Waals surface area contributed by atoms with Crippen LogP contribution < -0.4 is 0 Å². The first-order valence-corrected chi connectivity index (χ1v) is 7.09. The summed E-state index contributed by atoms with van der Waals surface area (Å²) in [6.07, 6.45) is -0.757. The van der Waals surface area contributed by atoms with Crippen molar-refractivity contribution in [3.05, 3.63) is 35.9 Å². The zero-order chi connectivity index (χ0) is 15.5. The number of rotatable bonds is 10. The van der Waals surface area contributed by atoms with Gasteiger partial charge in [0.2, 0.25) is 0 Å². The van der Waals surface area contributed by atoms with Crippen molar-refractivity contribution in [1.29, 1.82) is 0 Å². The first-order chi connectivity index (χ1) is 10.1. The molecule has 1 aromatic carbocycles. The number of carbonyl (C=O) groups excluding carboxylic acids is 2. The molecule has 1 aromatic rings. The molecule has 1 atom stereocenters. The van der Waals surface area contributed by atoms with E-state index in [0.717, 1.165) is 5.56 Å². The van der Waals surface area contributed by atoms with E-state index >= 15 is 0 Å². The summed E-state index contributed by atoms with van der Waals surface area (Å²) in [5.41, 5.74) is 1.06. The summed E-state index contributed by atoms with van der Waals surface area (Å²) >= 11 is 0. The lowest BCUT2D eigenvalue weighted by atomic mass is 10.1. The second-order valence-electron chi connectivity index (χ2n) is 4.71. The maximum absolute atomic E-state index is 11.5. The fourth-order valence-electron chi connectivity index (χ4n) is 1.79. The Kier molecular flexibility index (Phi) is 8.31. The molecule has 0 aliphatic heterocycles. The highest BCUT2D eigenvalue weighted by Crippen LogP contribution is 2.05. The van der Waals surface area contributed by atoms with E-state index in [9.17, 15) is 14.7 Å². The molecule has 0 amide bonds. The van der Waals surface area contributed by atoms with Crippen molar-refractivity contribution in [3.63, 3.8) is 0 Å². The van der Waals surface area contributed by atoms with Crippen LogP contribution in [0.2, 0.25) is 0 Å². The van der Waals surface area contributed by atoms with E-state index in [-0.39, 0.29) is 25.2 Å². The van der Waals surface area contributed by atoms with Gasteiger partial charge in [-0.3, -0.25) is 9.59 Å². The van der Waals surface area contributed by atoms with Gasteiger partial charge in [0.1, 0.15) is 12.2 Å². The Morgan fingerprint density at radius 1 is 1.24 bits per heavy atom. The van der Waals surface area contributed by atoms with Gasteiger partial charge in [0.25, 0.3) is 0 Å². The van der Waals surface area contributed by atoms with Gasteiger partial charge in [0, 0.05) is 13.0 Å². The molecular formula is C16H22O5. The molecule has 1 rings (SSSR count). The minimum atomic E-state index is -0.789. The number of ether oxygens (including phenoxy) is 2. The van der Waals surface area contributed by atoms with Gasteiger partial charge in [-0.15, -0.1) is 0 Å². The fourth-order valence-corrected chi connectivity index (χ4v) is 1.79. The molecule has 0 fully saturated rings. The monoisotopic (exact) mass is 294 g/mol. The van der Waals surface area contributed by atoms with Gasteiger partial charge in [-0.1, -0.05) is 30.3 Å². The molecule has 0 heterocycles. The Hall–Kier alpha value is -1.72. The number of benzene rings is 1. The van der Waals surface area contributed by atoms with Crippen molar-refractivity contribution in [2.45, 2.75) is 38.9 Å². The second kappa shape index (κ2) is 10.1. The predicted molar refractivity (Wildman–Crippen MR) is 77.6 cm³/mol. The first kappa shape index (κ1) is 17.3. The topological polar surface area (TPSA) is 72.8 Å². The predicted octanol–water partition coefficient (Wildman–Crippen LogP) is 1.87. The molecule has 0 aliphatic rings. The standard InChI is InChI=1S/C16H22O5/c1-2-21-16(19)11-15(18)10-14(17)8-9-20-12-13-6-4-3-5-7-13/h3-7,14,17H,2,8-12H2,1H3/t14-/m1/s1. The summed E-state index contributed by atoms with van der Waals surface area (Å²) < 4.78 is 10.1. The summed E-state index contributed by atoms with van der Waals surface area (Å²) in [5.74, 6) is -0.862. The Balaban J connectivity index is 2.12. The molecule has 116 valence electrons. The Morgan fingerprint density at radius 3 is 2.62 bits per heavy atom. The number of hydrogen-bond donors (Lipinski definition) is 1. The van der Waals surface area contributed by atoms with Crippen LogP contribution in [0.3, 0.4) is 0 Å². The third-order valence-electron chi connectivity index (χ3n) is 2.82. The number of Topliss-reactive ketones (excluding diaryl/α,β-unsaturated/α-hetero) is 1. The summed E-state index contributed by atoms with van der Waals surface area (Å²) in [4.78, 5) is 22.6. The highest BCUT2D eigenvalue weighted by atomic mass is 16.5. The van der Waals surface area contributed by atoms with E-state index in [1.807, 2.05) is 30.3 Å². The van der Waals surface area contributed by atoms with Gasteiger partial charge in [-0.25, -0.2) is 0 Å². The molecule has 5 heteroatoms. The average molecular weight is 294 g/mol. The lowest BCUT2D eigenvalue weighted by Gasteiger charge is -2.10. The number of esters is 1. The number of carbonyl (C=O) groups is 2. The third-order valence-corrected chi connectivity index (χ3v) is 2.82.